The highest BCUT2D eigenvalue weighted by atomic mass is 16.5. The lowest BCUT2D eigenvalue weighted by Crippen LogP contribution is -2.54. The second-order valence-electron chi connectivity index (χ2n) is 6.38. The fraction of sp³-hybridized carbons (Fsp3) is 0.588. The molecule has 2 fully saturated rings. The summed E-state index contributed by atoms with van der Waals surface area (Å²) in [5.74, 6) is 0.246. The Kier molecular flexibility index (Phi) is 4.61. The summed E-state index contributed by atoms with van der Waals surface area (Å²) >= 11 is 0. The average molecular weight is 317 g/mol. The molecule has 0 atom stereocenters. The zero-order valence-electron chi connectivity index (χ0n) is 13.5. The first-order valence-electron chi connectivity index (χ1n) is 8.11. The molecular weight excluding hydrogens is 294 g/mol. The fourth-order valence-corrected chi connectivity index (χ4v) is 3.71. The van der Waals surface area contributed by atoms with Crippen molar-refractivity contribution in [3.8, 4) is 0 Å². The van der Waals surface area contributed by atoms with Crippen LogP contribution in [0.3, 0.4) is 0 Å². The monoisotopic (exact) mass is 317 g/mol. The number of nitrogens with zero attached hydrogens (tertiary/aromatic N) is 3. The smallest absolute Gasteiger partial charge is 0.248 e. The van der Waals surface area contributed by atoms with Crippen LogP contribution < -0.4 is 0 Å². The lowest BCUT2D eigenvalue weighted by Gasteiger charge is -2.45. The second-order valence-corrected chi connectivity index (χ2v) is 6.38. The van der Waals surface area contributed by atoms with Crippen LogP contribution in [0.15, 0.2) is 24.5 Å². The normalized spacial score (nSPS) is 20.3. The third kappa shape index (κ3) is 3.22. The van der Waals surface area contributed by atoms with Gasteiger partial charge in [-0.25, -0.2) is 0 Å². The van der Waals surface area contributed by atoms with Crippen LogP contribution >= 0.6 is 0 Å². The summed E-state index contributed by atoms with van der Waals surface area (Å²) in [4.78, 5) is 32.3. The molecule has 0 aromatic carbocycles. The Balaban J connectivity index is 1.69. The maximum absolute atomic E-state index is 12.4. The highest BCUT2D eigenvalue weighted by molar-refractivity contribution is 5.80. The molecule has 1 spiro atoms. The molecule has 6 heteroatoms. The van der Waals surface area contributed by atoms with Gasteiger partial charge < -0.3 is 14.5 Å². The van der Waals surface area contributed by atoms with Crippen LogP contribution in [0.4, 0.5) is 0 Å². The number of hydrogen-bond acceptors (Lipinski definition) is 4. The van der Waals surface area contributed by atoms with Gasteiger partial charge in [-0.3, -0.25) is 14.6 Å². The first kappa shape index (κ1) is 15.9. The van der Waals surface area contributed by atoms with E-state index in [1.807, 2.05) is 28.1 Å². The number of rotatable bonds is 4. The Morgan fingerprint density at radius 3 is 2.78 bits per heavy atom. The van der Waals surface area contributed by atoms with E-state index in [1.165, 1.54) is 7.11 Å². The molecule has 2 aliphatic rings. The first-order valence-corrected chi connectivity index (χ1v) is 8.11. The third-order valence-corrected chi connectivity index (χ3v) is 5.06. The van der Waals surface area contributed by atoms with E-state index in [4.69, 9.17) is 4.74 Å². The second kappa shape index (κ2) is 6.66. The van der Waals surface area contributed by atoms with Crippen LogP contribution in [0, 0.1) is 0 Å². The van der Waals surface area contributed by atoms with E-state index >= 15 is 0 Å². The lowest BCUT2D eigenvalue weighted by atomic mass is 9.84. The first-order chi connectivity index (χ1) is 11.1. The molecule has 1 aromatic rings. The quantitative estimate of drug-likeness (QED) is 0.837. The number of pyridine rings is 1. The van der Waals surface area contributed by atoms with Gasteiger partial charge in [0, 0.05) is 51.1 Å². The van der Waals surface area contributed by atoms with E-state index in [1.54, 1.807) is 6.20 Å². The summed E-state index contributed by atoms with van der Waals surface area (Å²) < 4.78 is 4.93. The van der Waals surface area contributed by atoms with Gasteiger partial charge in [-0.15, -0.1) is 0 Å². The van der Waals surface area contributed by atoms with Crippen LogP contribution in [0.25, 0.3) is 0 Å². The standard InChI is InChI=1S/C17H23N3O3/c1-23-13-16(22)19-9-6-17(7-10-19)5-4-15(21)20(17)12-14-3-2-8-18-11-14/h2-3,8,11H,4-7,9-10,12-13H2,1H3. The molecule has 0 unspecified atom stereocenters. The van der Waals surface area contributed by atoms with Crippen LogP contribution in [0.2, 0.25) is 0 Å². The van der Waals surface area contributed by atoms with E-state index in [-0.39, 0.29) is 24.0 Å². The van der Waals surface area contributed by atoms with E-state index in [9.17, 15) is 9.59 Å². The predicted octanol–water partition coefficient (Wildman–Crippen LogP) is 1.21. The van der Waals surface area contributed by atoms with Gasteiger partial charge >= 0.3 is 0 Å². The molecule has 2 aliphatic heterocycles. The summed E-state index contributed by atoms with van der Waals surface area (Å²) in [7, 11) is 1.54. The van der Waals surface area contributed by atoms with Gasteiger partial charge in [-0.2, -0.15) is 0 Å². The minimum Gasteiger partial charge on any atom is -0.375 e. The minimum atomic E-state index is -0.100. The van der Waals surface area contributed by atoms with Crippen molar-refractivity contribution in [1.29, 1.82) is 0 Å². The van der Waals surface area contributed by atoms with Crippen molar-refractivity contribution in [3.05, 3.63) is 30.1 Å². The highest BCUT2D eigenvalue weighted by Crippen LogP contribution is 2.40. The predicted molar refractivity (Wildman–Crippen MR) is 84.4 cm³/mol. The molecule has 1 aromatic heterocycles. The zero-order valence-corrected chi connectivity index (χ0v) is 13.5. The van der Waals surface area contributed by atoms with E-state index in [0.29, 0.717) is 26.1 Å². The zero-order chi connectivity index (χ0) is 16.3. The van der Waals surface area contributed by atoms with Gasteiger partial charge in [0.2, 0.25) is 11.8 Å². The highest BCUT2D eigenvalue weighted by Gasteiger charge is 2.47. The Labute approximate surface area is 136 Å². The number of amides is 2. The number of likely N-dealkylation sites (tertiary alicyclic amines) is 2. The van der Waals surface area contributed by atoms with Crippen molar-refractivity contribution in [1.82, 2.24) is 14.8 Å². The van der Waals surface area contributed by atoms with Crippen molar-refractivity contribution < 1.29 is 14.3 Å². The molecule has 2 amide bonds. The summed E-state index contributed by atoms with van der Waals surface area (Å²) in [5.41, 5.74) is 0.955. The van der Waals surface area contributed by atoms with E-state index in [0.717, 1.165) is 24.8 Å². The maximum Gasteiger partial charge on any atom is 0.248 e. The van der Waals surface area contributed by atoms with Crippen molar-refractivity contribution in [3.63, 3.8) is 0 Å². The molecular formula is C17H23N3O3. The third-order valence-electron chi connectivity index (χ3n) is 5.06. The molecule has 2 saturated heterocycles. The van der Waals surface area contributed by atoms with E-state index in [2.05, 4.69) is 4.98 Å². The van der Waals surface area contributed by atoms with Gasteiger partial charge in [0.05, 0.1) is 0 Å². The Morgan fingerprint density at radius 2 is 2.13 bits per heavy atom. The molecule has 0 bridgehead atoms. The van der Waals surface area contributed by atoms with Gasteiger partial charge in [-0.05, 0) is 30.9 Å². The number of piperidine rings is 1. The fourth-order valence-electron chi connectivity index (χ4n) is 3.71. The van der Waals surface area contributed by atoms with Crippen molar-refractivity contribution >= 4 is 11.8 Å². The molecule has 0 radical (unpaired) electrons. The molecule has 3 heterocycles. The molecule has 124 valence electrons. The van der Waals surface area contributed by atoms with Crippen LogP contribution in [0.5, 0.6) is 0 Å². The van der Waals surface area contributed by atoms with E-state index < -0.39 is 0 Å². The van der Waals surface area contributed by atoms with Gasteiger partial charge in [0.1, 0.15) is 6.61 Å². The maximum atomic E-state index is 12.4. The number of carbonyl (C=O) groups is 2. The largest absolute Gasteiger partial charge is 0.375 e. The van der Waals surface area contributed by atoms with Gasteiger partial charge in [-0.1, -0.05) is 6.07 Å². The number of hydrogen-bond donors (Lipinski definition) is 0. The number of ether oxygens (including phenoxy) is 1. The SMILES string of the molecule is COCC(=O)N1CCC2(CCC(=O)N2Cc2cccnc2)CC1. The van der Waals surface area contributed by atoms with Crippen LogP contribution in [-0.4, -0.2) is 58.9 Å². The Bertz CT molecular complexity index is 568. The number of methoxy groups -OCH3 is 1. The minimum absolute atomic E-state index is 0.0329. The number of aromatic nitrogens is 1. The van der Waals surface area contributed by atoms with Crippen LogP contribution in [0.1, 0.15) is 31.2 Å². The number of carbonyl (C=O) groups excluding carboxylic acids is 2. The Morgan fingerprint density at radius 1 is 1.35 bits per heavy atom. The van der Waals surface area contributed by atoms with Crippen molar-refractivity contribution in [2.45, 2.75) is 37.8 Å². The topological polar surface area (TPSA) is 62.7 Å². The molecule has 0 N–H and O–H groups in total. The molecule has 0 saturated carbocycles. The summed E-state index contributed by atoms with van der Waals surface area (Å²) in [6.07, 6.45) is 6.73. The van der Waals surface area contributed by atoms with Crippen molar-refractivity contribution in [2.75, 3.05) is 26.8 Å². The van der Waals surface area contributed by atoms with Crippen molar-refractivity contribution in [2.24, 2.45) is 0 Å². The lowest BCUT2D eigenvalue weighted by molar-refractivity contribution is -0.139. The summed E-state index contributed by atoms with van der Waals surface area (Å²) in [6, 6.07) is 3.90. The molecule has 0 aliphatic carbocycles. The average Bonchev–Trinajstić information content (AvgIpc) is 2.86. The summed E-state index contributed by atoms with van der Waals surface area (Å²) in [5, 5.41) is 0. The van der Waals surface area contributed by atoms with Gasteiger partial charge in [0.25, 0.3) is 0 Å². The molecule has 6 nitrogen and oxygen atoms in total. The summed E-state index contributed by atoms with van der Waals surface area (Å²) in [6.45, 7) is 2.13. The molecule has 23 heavy (non-hydrogen) atoms. The molecule has 3 rings (SSSR count). The Hall–Kier alpha value is -1.95. The van der Waals surface area contributed by atoms with Gasteiger partial charge in [0.15, 0.2) is 0 Å². The van der Waals surface area contributed by atoms with Crippen LogP contribution in [-0.2, 0) is 20.9 Å².